The highest BCUT2D eigenvalue weighted by Crippen LogP contribution is 2.46. The Morgan fingerprint density at radius 1 is 1.50 bits per heavy atom. The first kappa shape index (κ1) is 10.3. The van der Waals surface area contributed by atoms with Gasteiger partial charge in [-0.25, -0.2) is 4.98 Å². The van der Waals surface area contributed by atoms with E-state index in [2.05, 4.69) is 21.8 Å². The van der Waals surface area contributed by atoms with Crippen LogP contribution in [0.4, 0.5) is 0 Å². The Morgan fingerprint density at radius 2 is 2.38 bits per heavy atom. The average Bonchev–Trinajstić information content (AvgIpc) is 3.19. The maximum atomic E-state index is 4.30. The molecule has 3 nitrogen and oxygen atoms in total. The van der Waals surface area contributed by atoms with Crippen molar-refractivity contribution in [3.63, 3.8) is 0 Å². The summed E-state index contributed by atoms with van der Waals surface area (Å²) in [4.78, 5) is 4.30. The van der Waals surface area contributed by atoms with Crippen molar-refractivity contribution in [2.45, 2.75) is 57.7 Å². The number of aromatic nitrogens is 2. The third-order valence-corrected chi connectivity index (χ3v) is 3.80. The Labute approximate surface area is 97.3 Å². The Bertz CT molecular complexity index is 354. The van der Waals surface area contributed by atoms with E-state index in [1.807, 2.05) is 12.5 Å². The average molecular weight is 219 g/mol. The van der Waals surface area contributed by atoms with E-state index < -0.39 is 0 Å². The summed E-state index contributed by atoms with van der Waals surface area (Å²) in [5.74, 6) is 0.916. The highest BCUT2D eigenvalue weighted by molar-refractivity contribution is 5.06. The Morgan fingerprint density at radius 3 is 3.12 bits per heavy atom. The Balaban J connectivity index is 1.59. The molecular weight excluding hydrogens is 198 g/mol. The fourth-order valence-electron chi connectivity index (χ4n) is 2.56. The van der Waals surface area contributed by atoms with E-state index in [9.17, 15) is 0 Å². The summed E-state index contributed by atoms with van der Waals surface area (Å²) in [5.41, 5.74) is 1.37. The highest BCUT2D eigenvalue weighted by atomic mass is 15.1. The number of nitrogens with one attached hydrogen (secondary N) is 1. The van der Waals surface area contributed by atoms with Gasteiger partial charge in [-0.05, 0) is 31.6 Å². The molecule has 0 saturated heterocycles. The molecule has 0 bridgehead atoms. The number of nitrogens with zero attached hydrogens (tertiary/aromatic N) is 2. The van der Waals surface area contributed by atoms with E-state index in [-0.39, 0.29) is 0 Å². The topological polar surface area (TPSA) is 29.9 Å². The van der Waals surface area contributed by atoms with E-state index in [0.29, 0.717) is 0 Å². The molecule has 3 rings (SSSR count). The molecule has 2 aliphatic carbocycles. The van der Waals surface area contributed by atoms with Crippen molar-refractivity contribution < 1.29 is 0 Å². The minimum absolute atomic E-state index is 0.749. The first-order chi connectivity index (χ1) is 7.88. The van der Waals surface area contributed by atoms with Crippen molar-refractivity contribution in [2.24, 2.45) is 5.92 Å². The zero-order valence-corrected chi connectivity index (χ0v) is 10.0. The van der Waals surface area contributed by atoms with Gasteiger partial charge in [-0.15, -0.1) is 0 Å². The lowest BCUT2D eigenvalue weighted by Crippen LogP contribution is -2.17. The molecule has 2 saturated carbocycles. The van der Waals surface area contributed by atoms with E-state index in [1.165, 1.54) is 37.8 Å². The summed E-state index contributed by atoms with van der Waals surface area (Å²) in [7, 11) is 0. The molecule has 1 heterocycles. The van der Waals surface area contributed by atoms with Crippen molar-refractivity contribution in [2.75, 3.05) is 0 Å². The van der Waals surface area contributed by atoms with Gasteiger partial charge in [0.15, 0.2) is 0 Å². The molecule has 2 aliphatic rings. The summed E-state index contributed by atoms with van der Waals surface area (Å²) >= 11 is 0. The summed E-state index contributed by atoms with van der Waals surface area (Å²) in [6, 6.07) is 1.53. The lowest BCUT2D eigenvalue weighted by molar-refractivity contribution is 0.569. The third kappa shape index (κ3) is 2.14. The minimum atomic E-state index is 0.749. The van der Waals surface area contributed by atoms with Gasteiger partial charge in [0.1, 0.15) is 0 Å². The number of imidazole rings is 1. The molecule has 3 heteroatoms. The molecule has 0 aliphatic heterocycles. The van der Waals surface area contributed by atoms with Gasteiger partial charge in [0, 0.05) is 24.8 Å². The summed E-state index contributed by atoms with van der Waals surface area (Å²) < 4.78 is 2.40. The zero-order chi connectivity index (χ0) is 11.0. The van der Waals surface area contributed by atoms with Crippen LogP contribution in [0, 0.1) is 5.92 Å². The molecule has 1 N–H and O–H groups in total. The molecule has 1 aromatic heterocycles. The fourth-order valence-corrected chi connectivity index (χ4v) is 2.56. The van der Waals surface area contributed by atoms with Crippen LogP contribution in [0.25, 0.3) is 0 Å². The minimum Gasteiger partial charge on any atom is -0.330 e. The van der Waals surface area contributed by atoms with Crippen molar-refractivity contribution in [3.8, 4) is 0 Å². The standard InChI is InChI=1S/C13H21N3/c1-2-3-10-6-13(10)16-9-14-7-12(16)8-15-11-4-5-11/h7,9-11,13,15H,2-6,8H2,1H3. The van der Waals surface area contributed by atoms with Gasteiger partial charge in [-0.2, -0.15) is 0 Å². The monoisotopic (exact) mass is 219 g/mol. The quantitative estimate of drug-likeness (QED) is 0.796. The Kier molecular flexibility index (Phi) is 2.72. The molecule has 2 fully saturated rings. The van der Waals surface area contributed by atoms with Crippen LogP contribution in [0.5, 0.6) is 0 Å². The smallest absolute Gasteiger partial charge is 0.0951 e. The van der Waals surface area contributed by atoms with Crippen LogP contribution in [0.15, 0.2) is 12.5 Å². The second-order valence-electron chi connectivity index (χ2n) is 5.30. The third-order valence-electron chi connectivity index (χ3n) is 3.80. The van der Waals surface area contributed by atoms with Gasteiger partial charge >= 0.3 is 0 Å². The van der Waals surface area contributed by atoms with Crippen LogP contribution in [0.3, 0.4) is 0 Å². The predicted molar refractivity (Wildman–Crippen MR) is 64.1 cm³/mol. The molecule has 1 aromatic rings. The predicted octanol–water partition coefficient (Wildman–Crippen LogP) is 2.50. The summed E-state index contributed by atoms with van der Waals surface area (Å²) in [6.07, 6.45) is 10.8. The molecule has 2 unspecified atom stereocenters. The second kappa shape index (κ2) is 4.21. The first-order valence-corrected chi connectivity index (χ1v) is 6.62. The van der Waals surface area contributed by atoms with Crippen LogP contribution >= 0.6 is 0 Å². The van der Waals surface area contributed by atoms with E-state index in [1.54, 1.807) is 0 Å². The largest absolute Gasteiger partial charge is 0.330 e. The van der Waals surface area contributed by atoms with Crippen molar-refractivity contribution >= 4 is 0 Å². The van der Waals surface area contributed by atoms with Crippen molar-refractivity contribution in [1.29, 1.82) is 0 Å². The molecular formula is C13H21N3. The van der Waals surface area contributed by atoms with Gasteiger partial charge < -0.3 is 9.88 Å². The fraction of sp³-hybridized carbons (Fsp3) is 0.769. The molecule has 16 heavy (non-hydrogen) atoms. The van der Waals surface area contributed by atoms with Gasteiger partial charge in [0.25, 0.3) is 0 Å². The Hall–Kier alpha value is -0.830. The number of rotatable bonds is 6. The van der Waals surface area contributed by atoms with Gasteiger partial charge in [-0.3, -0.25) is 0 Å². The normalized spacial score (nSPS) is 28.3. The maximum absolute atomic E-state index is 4.30. The molecule has 2 atom stereocenters. The molecule has 0 amide bonds. The number of hydrogen-bond donors (Lipinski definition) is 1. The lowest BCUT2D eigenvalue weighted by Gasteiger charge is -2.08. The molecule has 0 spiro atoms. The van der Waals surface area contributed by atoms with Gasteiger partial charge in [0.05, 0.1) is 12.0 Å². The zero-order valence-electron chi connectivity index (χ0n) is 10.0. The van der Waals surface area contributed by atoms with E-state index in [4.69, 9.17) is 0 Å². The molecule has 88 valence electrons. The molecule has 0 radical (unpaired) electrons. The first-order valence-electron chi connectivity index (χ1n) is 6.62. The van der Waals surface area contributed by atoms with Crippen molar-refractivity contribution in [3.05, 3.63) is 18.2 Å². The van der Waals surface area contributed by atoms with E-state index in [0.717, 1.165) is 24.5 Å². The molecule has 0 aromatic carbocycles. The van der Waals surface area contributed by atoms with Crippen LogP contribution in [-0.2, 0) is 6.54 Å². The van der Waals surface area contributed by atoms with E-state index >= 15 is 0 Å². The van der Waals surface area contributed by atoms with Crippen LogP contribution < -0.4 is 5.32 Å². The van der Waals surface area contributed by atoms with Crippen LogP contribution in [0.1, 0.15) is 50.8 Å². The van der Waals surface area contributed by atoms with Gasteiger partial charge in [0.2, 0.25) is 0 Å². The SMILES string of the molecule is CCCC1CC1n1cncc1CNC1CC1. The summed E-state index contributed by atoms with van der Waals surface area (Å²) in [5, 5.41) is 3.57. The number of hydrogen-bond acceptors (Lipinski definition) is 2. The maximum Gasteiger partial charge on any atom is 0.0951 e. The highest BCUT2D eigenvalue weighted by Gasteiger charge is 2.38. The van der Waals surface area contributed by atoms with Gasteiger partial charge in [-0.1, -0.05) is 13.3 Å². The second-order valence-corrected chi connectivity index (χ2v) is 5.30. The van der Waals surface area contributed by atoms with Crippen LogP contribution in [0.2, 0.25) is 0 Å². The van der Waals surface area contributed by atoms with Crippen molar-refractivity contribution in [1.82, 2.24) is 14.9 Å². The lowest BCUT2D eigenvalue weighted by atomic mass is 10.2. The van der Waals surface area contributed by atoms with Crippen LogP contribution in [-0.4, -0.2) is 15.6 Å². The summed E-state index contributed by atoms with van der Waals surface area (Å²) in [6.45, 7) is 3.28.